The number of nitrogens with zero attached hydrogens (tertiary/aromatic N) is 1. The van der Waals surface area contributed by atoms with Crippen molar-refractivity contribution >= 4 is 11.7 Å². The van der Waals surface area contributed by atoms with Gasteiger partial charge in [0.15, 0.2) is 0 Å². The number of benzene rings is 1. The summed E-state index contributed by atoms with van der Waals surface area (Å²) in [6.45, 7) is 7.39. The Labute approximate surface area is 108 Å². The first-order chi connectivity index (χ1) is 8.52. The van der Waals surface area contributed by atoms with E-state index in [9.17, 15) is 9.90 Å². The molecule has 3 nitrogen and oxygen atoms in total. The van der Waals surface area contributed by atoms with E-state index in [1.165, 1.54) is 6.42 Å². The second-order valence-electron chi connectivity index (χ2n) is 5.33. The fraction of sp³-hybridized carbons (Fsp3) is 0.533. The maximum absolute atomic E-state index is 11.4. The summed E-state index contributed by atoms with van der Waals surface area (Å²) in [5, 5.41) is 9.35. The number of hydrogen-bond acceptors (Lipinski definition) is 2. The second kappa shape index (κ2) is 5.01. The first kappa shape index (κ1) is 12.9. The standard InChI is InChI=1S/C15H21NO2/c1-10-7-5-9-16(12(10)3)14-11(2)6-4-8-13(14)15(17)18/h4,6,8,10,12H,5,7,9H2,1-3H3,(H,17,18). The van der Waals surface area contributed by atoms with Crippen molar-refractivity contribution in [2.75, 3.05) is 11.4 Å². The molecule has 1 fully saturated rings. The molecule has 0 spiro atoms. The molecule has 2 atom stereocenters. The van der Waals surface area contributed by atoms with Gasteiger partial charge < -0.3 is 10.0 Å². The molecule has 2 unspecified atom stereocenters. The van der Waals surface area contributed by atoms with Gasteiger partial charge >= 0.3 is 5.97 Å². The van der Waals surface area contributed by atoms with Gasteiger partial charge in [-0.25, -0.2) is 4.79 Å². The summed E-state index contributed by atoms with van der Waals surface area (Å²) in [7, 11) is 0. The molecule has 1 N–H and O–H groups in total. The van der Waals surface area contributed by atoms with Gasteiger partial charge in [0.25, 0.3) is 0 Å². The van der Waals surface area contributed by atoms with Crippen molar-refractivity contribution in [1.82, 2.24) is 0 Å². The van der Waals surface area contributed by atoms with Crippen molar-refractivity contribution in [2.45, 2.75) is 39.7 Å². The molecule has 98 valence electrons. The third kappa shape index (κ3) is 2.22. The SMILES string of the molecule is Cc1cccc(C(=O)O)c1N1CCCC(C)C1C. The number of piperidine rings is 1. The van der Waals surface area contributed by atoms with Crippen LogP contribution < -0.4 is 4.90 Å². The average molecular weight is 247 g/mol. The summed E-state index contributed by atoms with van der Waals surface area (Å²) in [6.07, 6.45) is 2.37. The van der Waals surface area contributed by atoms with Gasteiger partial charge in [-0.3, -0.25) is 0 Å². The Hall–Kier alpha value is -1.51. The monoisotopic (exact) mass is 247 g/mol. The van der Waals surface area contributed by atoms with Crippen molar-refractivity contribution in [3.8, 4) is 0 Å². The van der Waals surface area contributed by atoms with E-state index in [0.29, 0.717) is 17.5 Å². The zero-order valence-electron chi connectivity index (χ0n) is 11.3. The van der Waals surface area contributed by atoms with Gasteiger partial charge in [0.2, 0.25) is 0 Å². The Morgan fingerprint density at radius 3 is 2.78 bits per heavy atom. The second-order valence-corrected chi connectivity index (χ2v) is 5.33. The van der Waals surface area contributed by atoms with Gasteiger partial charge in [-0.05, 0) is 44.2 Å². The quantitative estimate of drug-likeness (QED) is 0.871. The molecule has 0 bridgehead atoms. The highest BCUT2D eigenvalue weighted by atomic mass is 16.4. The molecule has 1 heterocycles. The molecule has 3 heteroatoms. The van der Waals surface area contributed by atoms with Gasteiger partial charge in [-0.2, -0.15) is 0 Å². The minimum absolute atomic E-state index is 0.401. The summed E-state index contributed by atoms with van der Waals surface area (Å²) < 4.78 is 0. The molecule has 1 aromatic carbocycles. The molecule has 0 amide bonds. The molecule has 1 saturated heterocycles. The lowest BCUT2D eigenvalue weighted by atomic mass is 9.90. The van der Waals surface area contributed by atoms with E-state index in [1.807, 2.05) is 19.1 Å². The van der Waals surface area contributed by atoms with Crippen LogP contribution in [0.15, 0.2) is 18.2 Å². The van der Waals surface area contributed by atoms with Crippen LogP contribution in [0.1, 0.15) is 42.6 Å². The zero-order valence-corrected chi connectivity index (χ0v) is 11.3. The molecule has 0 aliphatic carbocycles. The molecular formula is C15H21NO2. The number of para-hydroxylation sites is 1. The maximum Gasteiger partial charge on any atom is 0.337 e. The van der Waals surface area contributed by atoms with Crippen LogP contribution in [0.4, 0.5) is 5.69 Å². The number of rotatable bonds is 2. The van der Waals surface area contributed by atoms with Crippen LogP contribution in [0.2, 0.25) is 0 Å². The van der Waals surface area contributed by atoms with Crippen molar-refractivity contribution in [3.63, 3.8) is 0 Å². The van der Waals surface area contributed by atoms with E-state index in [-0.39, 0.29) is 0 Å². The number of hydrogen-bond donors (Lipinski definition) is 1. The Bertz CT molecular complexity index is 456. The van der Waals surface area contributed by atoms with E-state index in [4.69, 9.17) is 0 Å². The Morgan fingerprint density at radius 1 is 1.39 bits per heavy atom. The molecule has 0 radical (unpaired) electrons. The summed E-state index contributed by atoms with van der Waals surface area (Å²) in [5.41, 5.74) is 2.39. The van der Waals surface area contributed by atoms with E-state index < -0.39 is 5.97 Å². The van der Waals surface area contributed by atoms with Gasteiger partial charge in [-0.15, -0.1) is 0 Å². The minimum atomic E-state index is -0.834. The third-order valence-electron chi connectivity index (χ3n) is 4.13. The van der Waals surface area contributed by atoms with E-state index in [2.05, 4.69) is 18.7 Å². The van der Waals surface area contributed by atoms with Crippen LogP contribution in [-0.2, 0) is 0 Å². The Morgan fingerprint density at radius 2 is 2.11 bits per heavy atom. The highest BCUT2D eigenvalue weighted by Crippen LogP contribution is 2.33. The number of aromatic carboxylic acids is 1. The molecule has 1 aliphatic rings. The van der Waals surface area contributed by atoms with Crippen molar-refractivity contribution in [3.05, 3.63) is 29.3 Å². The Balaban J connectivity index is 2.46. The number of anilines is 1. The highest BCUT2D eigenvalue weighted by molar-refractivity contribution is 5.95. The number of carboxylic acids is 1. The lowest BCUT2D eigenvalue weighted by Gasteiger charge is -2.41. The largest absolute Gasteiger partial charge is 0.478 e. The normalized spacial score (nSPS) is 24.1. The third-order valence-corrected chi connectivity index (χ3v) is 4.13. The fourth-order valence-corrected chi connectivity index (χ4v) is 2.86. The molecule has 0 saturated carbocycles. The molecule has 18 heavy (non-hydrogen) atoms. The molecule has 1 aliphatic heterocycles. The lowest BCUT2D eigenvalue weighted by molar-refractivity contribution is 0.0697. The van der Waals surface area contributed by atoms with E-state index in [1.54, 1.807) is 6.07 Å². The molecule has 1 aromatic rings. The van der Waals surface area contributed by atoms with Gasteiger partial charge in [-0.1, -0.05) is 19.1 Å². The number of carbonyl (C=O) groups is 1. The summed E-state index contributed by atoms with van der Waals surface area (Å²) in [6, 6.07) is 5.92. The molecule has 2 rings (SSSR count). The lowest BCUT2D eigenvalue weighted by Crippen LogP contribution is -2.43. The maximum atomic E-state index is 11.4. The van der Waals surface area contributed by atoms with Crippen molar-refractivity contribution < 1.29 is 9.90 Å². The van der Waals surface area contributed by atoms with E-state index >= 15 is 0 Å². The van der Waals surface area contributed by atoms with Crippen molar-refractivity contribution in [1.29, 1.82) is 0 Å². The summed E-state index contributed by atoms with van der Waals surface area (Å²) >= 11 is 0. The first-order valence-electron chi connectivity index (χ1n) is 6.62. The van der Waals surface area contributed by atoms with Crippen LogP contribution in [0, 0.1) is 12.8 Å². The van der Waals surface area contributed by atoms with E-state index in [0.717, 1.165) is 24.2 Å². The molecule has 0 aromatic heterocycles. The summed E-state index contributed by atoms with van der Waals surface area (Å²) in [4.78, 5) is 13.6. The predicted octanol–water partition coefficient (Wildman–Crippen LogP) is 3.32. The predicted molar refractivity (Wildman–Crippen MR) is 73.3 cm³/mol. The van der Waals surface area contributed by atoms with Crippen LogP contribution in [0.3, 0.4) is 0 Å². The minimum Gasteiger partial charge on any atom is -0.478 e. The highest BCUT2D eigenvalue weighted by Gasteiger charge is 2.28. The number of carboxylic acid groups (broad SMARTS) is 1. The zero-order chi connectivity index (χ0) is 13.3. The van der Waals surface area contributed by atoms with Gasteiger partial charge in [0.1, 0.15) is 0 Å². The number of aryl methyl sites for hydroxylation is 1. The van der Waals surface area contributed by atoms with Crippen LogP contribution in [0.25, 0.3) is 0 Å². The Kier molecular flexibility index (Phi) is 3.60. The smallest absolute Gasteiger partial charge is 0.337 e. The topological polar surface area (TPSA) is 40.5 Å². The fourth-order valence-electron chi connectivity index (χ4n) is 2.86. The molecular weight excluding hydrogens is 226 g/mol. The van der Waals surface area contributed by atoms with Crippen LogP contribution in [-0.4, -0.2) is 23.7 Å². The van der Waals surface area contributed by atoms with Crippen molar-refractivity contribution in [2.24, 2.45) is 5.92 Å². The van der Waals surface area contributed by atoms with Gasteiger partial charge in [0.05, 0.1) is 11.3 Å². The van der Waals surface area contributed by atoms with Gasteiger partial charge in [0, 0.05) is 12.6 Å². The van der Waals surface area contributed by atoms with Crippen LogP contribution >= 0.6 is 0 Å². The van der Waals surface area contributed by atoms with Crippen LogP contribution in [0.5, 0.6) is 0 Å². The first-order valence-corrected chi connectivity index (χ1v) is 6.62. The summed E-state index contributed by atoms with van der Waals surface area (Å²) in [5.74, 6) is -0.223. The average Bonchev–Trinajstić information content (AvgIpc) is 2.33.